The van der Waals surface area contributed by atoms with Gasteiger partial charge in [-0.2, -0.15) is 0 Å². The molecule has 0 saturated heterocycles. The molecule has 1 aromatic carbocycles. The Bertz CT molecular complexity index is 614. The van der Waals surface area contributed by atoms with Gasteiger partial charge in [0, 0.05) is 12.0 Å². The van der Waals surface area contributed by atoms with Crippen molar-refractivity contribution in [2.24, 2.45) is 0 Å². The molecule has 3 heteroatoms. The first-order valence-corrected chi connectivity index (χ1v) is 7.60. The predicted octanol–water partition coefficient (Wildman–Crippen LogP) is 4.72. The van der Waals surface area contributed by atoms with E-state index in [-0.39, 0.29) is 12.0 Å². The van der Waals surface area contributed by atoms with Crippen LogP contribution in [0.1, 0.15) is 31.9 Å². The quantitative estimate of drug-likeness (QED) is 0.750. The van der Waals surface area contributed by atoms with Crippen molar-refractivity contribution in [1.82, 2.24) is 5.32 Å². The van der Waals surface area contributed by atoms with E-state index in [1.54, 1.807) is 0 Å². The highest BCUT2D eigenvalue weighted by molar-refractivity contribution is 5.85. The molecule has 0 spiro atoms. The molecule has 1 nitrogen and oxygen atoms in total. The summed E-state index contributed by atoms with van der Waals surface area (Å²) in [5.41, 5.74) is 4.56. The first-order valence-electron chi connectivity index (χ1n) is 7.60. The third-order valence-electron chi connectivity index (χ3n) is 4.39. The fourth-order valence-corrected chi connectivity index (χ4v) is 3.04. The van der Waals surface area contributed by atoms with Gasteiger partial charge in [-0.05, 0) is 30.5 Å². The van der Waals surface area contributed by atoms with E-state index in [1.165, 1.54) is 22.3 Å². The molecule has 1 N–H and O–H groups in total. The second kappa shape index (κ2) is 7.01. The largest absolute Gasteiger partial charge is 0.310 e. The van der Waals surface area contributed by atoms with Gasteiger partial charge in [-0.1, -0.05) is 61.1 Å². The lowest BCUT2D eigenvalue weighted by atomic mass is 9.79. The van der Waals surface area contributed by atoms with Gasteiger partial charge < -0.3 is 5.32 Å². The standard InChI is InChI=1S/C19H23F2N/c1-4-5-6-9-15-14(2)19(3,13-22-12-18(20)21)17-11-8-7-10-16(15)17/h4-11,18,22H,12-13H2,1-3H3/b5-4-,9-6-. The minimum atomic E-state index is -2.32. The number of fused-ring (bicyclic) bond motifs is 1. The number of hydrogen-bond acceptors (Lipinski definition) is 1. The van der Waals surface area contributed by atoms with E-state index in [1.807, 2.05) is 37.3 Å². The van der Waals surface area contributed by atoms with E-state index >= 15 is 0 Å². The highest BCUT2D eigenvalue weighted by Crippen LogP contribution is 2.46. The summed E-state index contributed by atoms with van der Waals surface area (Å²) in [6.07, 6.45) is 5.78. The molecule has 0 aliphatic heterocycles. The third-order valence-corrected chi connectivity index (χ3v) is 4.39. The van der Waals surface area contributed by atoms with Crippen LogP contribution in [0.4, 0.5) is 8.78 Å². The molecule has 1 aliphatic carbocycles. The number of nitrogens with one attached hydrogen (secondary N) is 1. The van der Waals surface area contributed by atoms with Gasteiger partial charge in [0.1, 0.15) is 0 Å². The fraction of sp³-hybridized carbons (Fsp3) is 0.368. The van der Waals surface area contributed by atoms with E-state index in [9.17, 15) is 8.78 Å². The van der Waals surface area contributed by atoms with Crippen molar-refractivity contribution >= 4 is 5.57 Å². The Labute approximate surface area is 131 Å². The lowest BCUT2D eigenvalue weighted by molar-refractivity contribution is 0.144. The lowest BCUT2D eigenvalue weighted by Gasteiger charge is -2.28. The van der Waals surface area contributed by atoms with Crippen LogP contribution in [0.3, 0.4) is 0 Å². The average molecular weight is 303 g/mol. The van der Waals surface area contributed by atoms with Crippen molar-refractivity contribution in [2.45, 2.75) is 32.6 Å². The Morgan fingerprint density at radius 1 is 1.23 bits per heavy atom. The van der Waals surface area contributed by atoms with Crippen LogP contribution in [-0.4, -0.2) is 19.5 Å². The maximum absolute atomic E-state index is 12.4. The molecule has 0 saturated carbocycles. The zero-order valence-corrected chi connectivity index (χ0v) is 13.4. The van der Waals surface area contributed by atoms with Gasteiger partial charge >= 0.3 is 0 Å². The van der Waals surface area contributed by atoms with Crippen molar-refractivity contribution in [1.29, 1.82) is 0 Å². The molecule has 0 fully saturated rings. The molecular formula is C19H23F2N. The normalized spacial score (nSPS) is 21.5. The smallest absolute Gasteiger partial charge is 0.250 e. The maximum atomic E-state index is 12.4. The predicted molar refractivity (Wildman–Crippen MR) is 89.2 cm³/mol. The zero-order chi connectivity index (χ0) is 16.2. The van der Waals surface area contributed by atoms with E-state index in [4.69, 9.17) is 0 Å². The van der Waals surface area contributed by atoms with Crippen LogP contribution in [0, 0.1) is 0 Å². The van der Waals surface area contributed by atoms with Crippen molar-refractivity contribution in [3.63, 3.8) is 0 Å². The summed E-state index contributed by atoms with van der Waals surface area (Å²) in [6.45, 7) is 6.44. The summed E-state index contributed by atoms with van der Waals surface area (Å²) < 4.78 is 24.8. The molecule has 0 bridgehead atoms. The minimum absolute atomic E-state index is 0.249. The van der Waals surface area contributed by atoms with Crippen LogP contribution < -0.4 is 5.32 Å². The molecule has 2 rings (SSSR count). The second-order valence-corrected chi connectivity index (χ2v) is 5.82. The molecule has 1 aromatic rings. The van der Waals surface area contributed by atoms with E-state index in [2.05, 4.69) is 37.4 Å². The maximum Gasteiger partial charge on any atom is 0.250 e. The summed E-state index contributed by atoms with van der Waals surface area (Å²) in [6, 6.07) is 8.23. The summed E-state index contributed by atoms with van der Waals surface area (Å²) in [5, 5.41) is 2.90. The summed E-state index contributed by atoms with van der Waals surface area (Å²) in [5.74, 6) is 0. The van der Waals surface area contributed by atoms with E-state index < -0.39 is 6.43 Å². The van der Waals surface area contributed by atoms with Gasteiger partial charge in [0.25, 0.3) is 6.43 Å². The SMILES string of the molecule is C/C=C\C=C/C1=C(C)C(C)(CNCC(F)F)c2ccccc21. The van der Waals surface area contributed by atoms with Crippen molar-refractivity contribution in [3.05, 3.63) is 65.3 Å². The summed E-state index contributed by atoms with van der Waals surface area (Å²) >= 11 is 0. The number of alkyl halides is 2. The minimum Gasteiger partial charge on any atom is -0.310 e. The fourth-order valence-electron chi connectivity index (χ4n) is 3.04. The van der Waals surface area contributed by atoms with Crippen molar-refractivity contribution < 1.29 is 8.78 Å². The Morgan fingerprint density at radius 2 is 1.95 bits per heavy atom. The highest BCUT2D eigenvalue weighted by Gasteiger charge is 2.37. The second-order valence-electron chi connectivity index (χ2n) is 5.82. The Balaban J connectivity index is 2.36. The summed E-state index contributed by atoms with van der Waals surface area (Å²) in [4.78, 5) is 0. The number of halogens is 2. The monoisotopic (exact) mass is 303 g/mol. The van der Waals surface area contributed by atoms with Crippen LogP contribution >= 0.6 is 0 Å². The van der Waals surface area contributed by atoms with Crippen LogP contribution in [0.2, 0.25) is 0 Å². The molecule has 0 radical (unpaired) electrons. The first kappa shape index (κ1) is 16.6. The molecule has 0 heterocycles. The van der Waals surface area contributed by atoms with Crippen molar-refractivity contribution in [3.8, 4) is 0 Å². The van der Waals surface area contributed by atoms with Crippen LogP contribution in [0.15, 0.2) is 54.1 Å². The summed E-state index contributed by atoms with van der Waals surface area (Å²) in [7, 11) is 0. The Kier molecular flexibility index (Phi) is 5.30. The van der Waals surface area contributed by atoms with Gasteiger partial charge in [0.15, 0.2) is 0 Å². The molecular weight excluding hydrogens is 280 g/mol. The van der Waals surface area contributed by atoms with Crippen LogP contribution in [-0.2, 0) is 5.41 Å². The average Bonchev–Trinajstić information content (AvgIpc) is 2.70. The zero-order valence-electron chi connectivity index (χ0n) is 13.4. The van der Waals surface area contributed by atoms with Gasteiger partial charge in [-0.3, -0.25) is 0 Å². The molecule has 22 heavy (non-hydrogen) atoms. The van der Waals surface area contributed by atoms with Crippen LogP contribution in [0.5, 0.6) is 0 Å². The van der Waals surface area contributed by atoms with Crippen molar-refractivity contribution in [2.75, 3.05) is 13.1 Å². The number of allylic oxidation sites excluding steroid dienone is 5. The first-order chi connectivity index (χ1) is 10.5. The van der Waals surface area contributed by atoms with Gasteiger partial charge in [-0.15, -0.1) is 0 Å². The van der Waals surface area contributed by atoms with Gasteiger partial charge in [0.2, 0.25) is 0 Å². The number of rotatable bonds is 6. The lowest BCUT2D eigenvalue weighted by Crippen LogP contribution is -2.37. The molecule has 0 aromatic heterocycles. The third kappa shape index (κ3) is 3.20. The van der Waals surface area contributed by atoms with E-state index in [0.29, 0.717) is 6.54 Å². The molecule has 1 atom stereocenters. The molecule has 1 aliphatic rings. The Morgan fingerprint density at radius 3 is 2.64 bits per heavy atom. The van der Waals surface area contributed by atoms with Crippen LogP contribution in [0.25, 0.3) is 5.57 Å². The topological polar surface area (TPSA) is 12.0 Å². The van der Waals surface area contributed by atoms with Gasteiger partial charge in [0.05, 0.1) is 6.54 Å². The molecule has 0 amide bonds. The molecule has 1 unspecified atom stereocenters. The number of benzene rings is 1. The molecule has 118 valence electrons. The number of hydrogen-bond donors (Lipinski definition) is 1. The van der Waals surface area contributed by atoms with Gasteiger partial charge in [-0.25, -0.2) is 8.78 Å². The Hall–Kier alpha value is -1.74. The van der Waals surface area contributed by atoms with E-state index in [0.717, 1.165) is 0 Å². The highest BCUT2D eigenvalue weighted by atomic mass is 19.3.